The molecule has 0 bridgehead atoms. The highest BCUT2D eigenvalue weighted by atomic mass is 16.3. The fourth-order valence-corrected chi connectivity index (χ4v) is 1.92. The molecule has 2 N–H and O–H groups in total. The van der Waals surface area contributed by atoms with Crippen LogP contribution in [0.5, 0.6) is 0 Å². The lowest BCUT2D eigenvalue weighted by Crippen LogP contribution is -2.32. The Hall–Kier alpha value is -0.860. The molecule has 0 aliphatic rings. The molecular formula is C17H29NO. The van der Waals surface area contributed by atoms with Crippen LogP contribution >= 0.6 is 0 Å². The molecule has 0 saturated heterocycles. The molecule has 2 heteroatoms. The molecule has 0 heterocycles. The summed E-state index contributed by atoms with van der Waals surface area (Å²) in [6, 6.07) is 6.72. The summed E-state index contributed by atoms with van der Waals surface area (Å²) in [5.41, 5.74) is 4.17. The van der Waals surface area contributed by atoms with Gasteiger partial charge in [-0.2, -0.15) is 0 Å². The molecule has 0 aromatic heterocycles. The minimum Gasteiger partial charge on any atom is -0.396 e. The highest BCUT2D eigenvalue weighted by molar-refractivity contribution is 5.34. The molecular weight excluding hydrogens is 234 g/mol. The number of hydrogen-bond donors (Lipinski definition) is 2. The van der Waals surface area contributed by atoms with Gasteiger partial charge in [-0.25, -0.2) is 0 Å². The summed E-state index contributed by atoms with van der Waals surface area (Å²) < 4.78 is 0. The highest BCUT2D eigenvalue weighted by Gasteiger charge is 2.17. The third-order valence-corrected chi connectivity index (χ3v) is 3.56. The van der Waals surface area contributed by atoms with Crippen LogP contribution in [-0.2, 0) is 12.0 Å². The van der Waals surface area contributed by atoms with Crippen LogP contribution in [0.4, 0.5) is 0 Å². The van der Waals surface area contributed by atoms with E-state index < -0.39 is 0 Å². The number of aliphatic hydroxyl groups is 1. The summed E-state index contributed by atoms with van der Waals surface area (Å²) in [7, 11) is 0. The third kappa shape index (κ3) is 4.96. The molecule has 0 radical (unpaired) electrons. The Morgan fingerprint density at radius 1 is 1.11 bits per heavy atom. The van der Waals surface area contributed by atoms with Crippen LogP contribution in [0.1, 0.15) is 51.3 Å². The smallest absolute Gasteiger partial charge is 0.0494 e. The lowest BCUT2D eigenvalue weighted by Gasteiger charge is -2.23. The normalized spacial score (nSPS) is 12.8. The van der Waals surface area contributed by atoms with Crippen LogP contribution in [-0.4, -0.2) is 18.3 Å². The monoisotopic (exact) mass is 263 g/mol. The number of aliphatic hydroxyl groups excluding tert-OH is 1. The van der Waals surface area contributed by atoms with E-state index in [0.717, 1.165) is 13.1 Å². The van der Waals surface area contributed by atoms with E-state index in [4.69, 9.17) is 0 Å². The second kappa shape index (κ2) is 6.06. The number of hydrogen-bond acceptors (Lipinski definition) is 2. The minimum absolute atomic E-state index is 0.0600. The molecule has 108 valence electrons. The zero-order chi connectivity index (χ0) is 14.7. The van der Waals surface area contributed by atoms with Gasteiger partial charge in [-0.15, -0.1) is 0 Å². The lowest BCUT2D eigenvalue weighted by molar-refractivity contribution is 0.156. The molecule has 2 nitrogen and oxygen atoms in total. The van der Waals surface area contributed by atoms with Crippen LogP contribution in [0, 0.1) is 12.3 Å². The number of nitrogens with one attached hydrogen (secondary N) is 1. The van der Waals surface area contributed by atoms with Gasteiger partial charge in [0, 0.05) is 25.1 Å². The van der Waals surface area contributed by atoms with Gasteiger partial charge in [-0.1, -0.05) is 52.8 Å². The van der Waals surface area contributed by atoms with Gasteiger partial charge in [0.05, 0.1) is 0 Å². The predicted octanol–water partition coefficient (Wildman–Crippen LogP) is 3.40. The van der Waals surface area contributed by atoms with Crippen molar-refractivity contribution in [1.82, 2.24) is 5.32 Å². The SMILES string of the molecule is Cc1ccc(C(C)(C)C)cc1CNCC(C)(C)CO. The number of rotatable bonds is 5. The Kier molecular flexibility index (Phi) is 5.17. The van der Waals surface area contributed by atoms with E-state index in [-0.39, 0.29) is 17.4 Å². The van der Waals surface area contributed by atoms with Crippen LogP contribution in [0.2, 0.25) is 0 Å². The Balaban J connectivity index is 2.73. The molecule has 0 atom stereocenters. The van der Waals surface area contributed by atoms with Gasteiger partial charge in [-0.3, -0.25) is 0 Å². The fraction of sp³-hybridized carbons (Fsp3) is 0.647. The Bertz CT molecular complexity index is 416. The first kappa shape index (κ1) is 16.2. The quantitative estimate of drug-likeness (QED) is 0.853. The van der Waals surface area contributed by atoms with Crippen molar-refractivity contribution in [3.8, 4) is 0 Å². The van der Waals surface area contributed by atoms with Crippen molar-refractivity contribution in [2.24, 2.45) is 5.41 Å². The van der Waals surface area contributed by atoms with Crippen molar-refractivity contribution in [3.05, 3.63) is 34.9 Å². The van der Waals surface area contributed by atoms with Gasteiger partial charge in [0.1, 0.15) is 0 Å². The van der Waals surface area contributed by atoms with E-state index in [1.165, 1.54) is 16.7 Å². The first-order chi connectivity index (χ1) is 8.65. The van der Waals surface area contributed by atoms with Crippen molar-refractivity contribution in [3.63, 3.8) is 0 Å². The van der Waals surface area contributed by atoms with Crippen molar-refractivity contribution in [2.45, 2.75) is 53.5 Å². The largest absolute Gasteiger partial charge is 0.396 e. The van der Waals surface area contributed by atoms with E-state index in [0.29, 0.717) is 0 Å². The van der Waals surface area contributed by atoms with E-state index in [1.54, 1.807) is 0 Å². The second-order valence-corrected chi connectivity index (χ2v) is 7.32. The molecule has 1 aromatic rings. The van der Waals surface area contributed by atoms with Gasteiger partial charge < -0.3 is 10.4 Å². The predicted molar refractivity (Wildman–Crippen MR) is 82.5 cm³/mol. The molecule has 0 fully saturated rings. The van der Waals surface area contributed by atoms with Gasteiger partial charge in [0.2, 0.25) is 0 Å². The molecule has 1 aromatic carbocycles. The maximum Gasteiger partial charge on any atom is 0.0494 e. The molecule has 0 unspecified atom stereocenters. The summed E-state index contributed by atoms with van der Waals surface area (Å²) in [6.45, 7) is 14.9. The molecule has 0 saturated carbocycles. The van der Waals surface area contributed by atoms with Crippen molar-refractivity contribution in [1.29, 1.82) is 0 Å². The van der Waals surface area contributed by atoms with Crippen molar-refractivity contribution >= 4 is 0 Å². The topological polar surface area (TPSA) is 32.3 Å². The molecule has 1 rings (SSSR count). The van der Waals surface area contributed by atoms with Gasteiger partial charge >= 0.3 is 0 Å². The summed E-state index contributed by atoms with van der Waals surface area (Å²) in [5, 5.41) is 12.7. The average Bonchev–Trinajstić information content (AvgIpc) is 2.30. The Morgan fingerprint density at radius 2 is 1.74 bits per heavy atom. The van der Waals surface area contributed by atoms with Gasteiger partial charge in [0.15, 0.2) is 0 Å². The first-order valence-corrected chi connectivity index (χ1v) is 7.07. The summed E-state index contributed by atoms with van der Waals surface area (Å²) in [5.74, 6) is 0. The molecule has 0 aliphatic carbocycles. The van der Waals surface area contributed by atoms with Crippen molar-refractivity contribution < 1.29 is 5.11 Å². The standard InChI is InChI=1S/C17H29NO/c1-13-7-8-15(16(2,3)4)9-14(13)10-18-11-17(5,6)12-19/h7-9,18-19H,10-12H2,1-6H3. The maximum absolute atomic E-state index is 9.26. The zero-order valence-electron chi connectivity index (χ0n) is 13.3. The second-order valence-electron chi connectivity index (χ2n) is 7.32. The van der Waals surface area contributed by atoms with Crippen LogP contribution in [0.3, 0.4) is 0 Å². The van der Waals surface area contributed by atoms with Crippen LogP contribution < -0.4 is 5.32 Å². The molecule has 0 amide bonds. The fourth-order valence-electron chi connectivity index (χ4n) is 1.92. The highest BCUT2D eigenvalue weighted by Crippen LogP contribution is 2.24. The third-order valence-electron chi connectivity index (χ3n) is 3.56. The van der Waals surface area contributed by atoms with Gasteiger partial charge in [-0.05, 0) is 29.0 Å². The average molecular weight is 263 g/mol. The lowest BCUT2D eigenvalue weighted by atomic mass is 9.85. The zero-order valence-corrected chi connectivity index (χ0v) is 13.3. The number of aryl methyl sites for hydroxylation is 1. The van der Waals surface area contributed by atoms with E-state index >= 15 is 0 Å². The van der Waals surface area contributed by atoms with Gasteiger partial charge in [0.25, 0.3) is 0 Å². The molecule has 0 spiro atoms. The van der Waals surface area contributed by atoms with Crippen LogP contribution in [0.25, 0.3) is 0 Å². The Morgan fingerprint density at radius 3 is 2.26 bits per heavy atom. The van der Waals surface area contributed by atoms with Crippen molar-refractivity contribution in [2.75, 3.05) is 13.2 Å². The Labute approximate surface area is 118 Å². The summed E-state index contributed by atoms with van der Waals surface area (Å²) in [4.78, 5) is 0. The molecule has 0 aliphatic heterocycles. The minimum atomic E-state index is -0.0600. The first-order valence-electron chi connectivity index (χ1n) is 7.07. The molecule has 19 heavy (non-hydrogen) atoms. The van der Waals surface area contributed by atoms with E-state index in [1.807, 2.05) is 0 Å². The number of benzene rings is 1. The summed E-state index contributed by atoms with van der Waals surface area (Å²) >= 11 is 0. The maximum atomic E-state index is 9.26. The summed E-state index contributed by atoms with van der Waals surface area (Å²) in [6.07, 6.45) is 0. The van der Waals surface area contributed by atoms with E-state index in [9.17, 15) is 5.11 Å². The van der Waals surface area contributed by atoms with Crippen LogP contribution in [0.15, 0.2) is 18.2 Å². The van der Waals surface area contributed by atoms with E-state index in [2.05, 4.69) is 65.1 Å².